The molecule has 150 valence electrons. The van der Waals surface area contributed by atoms with E-state index >= 15 is 0 Å². The van der Waals surface area contributed by atoms with Crippen LogP contribution >= 0.6 is 23.2 Å². The average molecular weight is 449 g/mol. The van der Waals surface area contributed by atoms with Crippen LogP contribution in [0.5, 0.6) is 0 Å². The molecule has 0 aliphatic heterocycles. The first kappa shape index (κ1) is 25.1. The predicted octanol–water partition coefficient (Wildman–Crippen LogP) is 5.30. The second kappa shape index (κ2) is 11.7. The Hall–Kier alpha value is -0.900. The van der Waals surface area contributed by atoms with E-state index in [-0.39, 0.29) is 6.42 Å². The molecule has 0 aromatic carbocycles. The van der Waals surface area contributed by atoms with Gasteiger partial charge in [0.05, 0.1) is 5.38 Å². The first-order valence-corrected chi connectivity index (χ1v) is 11.7. The lowest BCUT2D eigenvalue weighted by molar-refractivity contribution is 0.538. The third-order valence-corrected chi connectivity index (χ3v) is 9.84. The summed E-state index contributed by atoms with van der Waals surface area (Å²) in [6, 6.07) is 0. The average Bonchev–Trinajstić information content (AvgIpc) is 2.55. The van der Waals surface area contributed by atoms with Crippen LogP contribution in [0.15, 0.2) is 9.04 Å². The van der Waals surface area contributed by atoms with Crippen molar-refractivity contribution in [2.24, 2.45) is 9.04 Å². The van der Waals surface area contributed by atoms with Crippen molar-refractivity contribution in [3.63, 3.8) is 0 Å². The maximum absolute atomic E-state index is 12.1. The molecule has 0 fully saturated rings. The van der Waals surface area contributed by atoms with E-state index in [0.717, 1.165) is 32.1 Å². The minimum Gasteiger partial charge on any atom is -0.218 e. The summed E-state index contributed by atoms with van der Waals surface area (Å²) in [5, 5.41) is -1.67. The zero-order valence-corrected chi connectivity index (χ0v) is 17.5. The molecule has 0 saturated carbocycles. The van der Waals surface area contributed by atoms with E-state index in [0.29, 0.717) is 12.8 Å². The van der Waals surface area contributed by atoms with Gasteiger partial charge in [0.15, 0.2) is 0 Å². The summed E-state index contributed by atoms with van der Waals surface area (Å²) in [4.78, 5) is 4.14. The van der Waals surface area contributed by atoms with E-state index in [9.17, 15) is 16.8 Å². The lowest BCUT2D eigenvalue weighted by atomic mass is 10.1. The lowest BCUT2D eigenvalue weighted by Gasteiger charge is -2.26. The first-order chi connectivity index (χ1) is 12.1. The highest BCUT2D eigenvalue weighted by Gasteiger charge is 2.58. The molecule has 0 aromatic heterocycles. The fraction of sp³-hybridized carbons (Fsp3) is 1.00. The summed E-state index contributed by atoms with van der Waals surface area (Å²) in [5.74, 6) is 0. The molecule has 1 atom stereocenters. The van der Waals surface area contributed by atoms with Gasteiger partial charge in [0.2, 0.25) is 0 Å². The standard InChI is InChI=1S/C12H22Cl2N6O4S2/c1-2-3-4-5-6-7-8-9-10-11(13)12(14,25(21,22)19-17-15)26(23,24)20-18-16/h11H,2-10H2,1H3. The fourth-order valence-corrected chi connectivity index (χ4v) is 5.98. The molecule has 0 spiro atoms. The van der Waals surface area contributed by atoms with Gasteiger partial charge in [-0.2, -0.15) is 0 Å². The van der Waals surface area contributed by atoms with E-state index in [1.165, 1.54) is 6.42 Å². The Labute approximate surface area is 163 Å². The van der Waals surface area contributed by atoms with Crippen LogP contribution in [-0.4, -0.2) is 25.8 Å². The quantitative estimate of drug-likeness (QED) is 0.115. The van der Waals surface area contributed by atoms with Crippen molar-refractivity contribution in [3.8, 4) is 0 Å². The highest BCUT2D eigenvalue weighted by molar-refractivity contribution is 8.11. The number of hydrogen-bond acceptors (Lipinski definition) is 4. The molecule has 1 unspecified atom stereocenters. The second-order valence-corrected chi connectivity index (χ2v) is 11.0. The molecular formula is C12H22Cl2N6O4S2. The number of unbranched alkanes of at least 4 members (excludes halogenated alkanes) is 7. The van der Waals surface area contributed by atoms with Crippen molar-refractivity contribution in [2.75, 3.05) is 0 Å². The van der Waals surface area contributed by atoms with Crippen LogP contribution < -0.4 is 0 Å². The molecule has 0 N–H and O–H groups in total. The predicted molar refractivity (Wildman–Crippen MR) is 102 cm³/mol. The molecule has 0 saturated heterocycles. The SMILES string of the molecule is CCCCCCCCCCC(Cl)C(Cl)(S(=O)(=O)N=[N+]=[N-])S(=O)(=O)N=[N+]=[N-]. The fourth-order valence-electron chi connectivity index (χ4n) is 2.29. The van der Waals surface area contributed by atoms with Gasteiger partial charge in [0, 0.05) is 18.9 Å². The second-order valence-electron chi connectivity index (χ2n) is 5.61. The number of rotatable bonds is 14. The Kier molecular flexibility index (Phi) is 11.3. The third kappa shape index (κ3) is 6.68. The van der Waals surface area contributed by atoms with Gasteiger partial charge >= 0.3 is 0 Å². The molecule has 0 amide bonds. The Bertz CT molecular complexity index is 698. The summed E-state index contributed by atoms with van der Waals surface area (Å²) < 4.78 is 49.9. The zero-order chi connectivity index (χ0) is 20.3. The van der Waals surface area contributed by atoms with Crippen molar-refractivity contribution in [3.05, 3.63) is 20.9 Å². The maximum Gasteiger partial charge on any atom is 0.276 e. The molecule has 0 aromatic rings. The van der Waals surface area contributed by atoms with E-state index in [1.54, 1.807) is 0 Å². The van der Waals surface area contributed by atoms with Gasteiger partial charge in [-0.15, -0.1) is 11.6 Å². The van der Waals surface area contributed by atoms with Crippen LogP contribution in [0.4, 0.5) is 0 Å². The van der Waals surface area contributed by atoms with Crippen LogP contribution in [0.25, 0.3) is 20.9 Å². The monoisotopic (exact) mass is 448 g/mol. The van der Waals surface area contributed by atoms with Crippen molar-refractivity contribution in [1.29, 1.82) is 0 Å². The van der Waals surface area contributed by atoms with Crippen molar-refractivity contribution >= 4 is 43.2 Å². The van der Waals surface area contributed by atoms with Crippen LogP contribution in [-0.2, 0) is 20.0 Å². The van der Waals surface area contributed by atoms with Crippen LogP contribution in [0.1, 0.15) is 64.7 Å². The number of azide groups is 2. The maximum atomic E-state index is 12.1. The van der Waals surface area contributed by atoms with E-state index in [4.69, 9.17) is 34.3 Å². The van der Waals surface area contributed by atoms with Crippen molar-refractivity contribution in [1.82, 2.24) is 0 Å². The number of nitrogens with zero attached hydrogens (tertiary/aromatic N) is 6. The number of alkyl halides is 2. The molecule has 0 aliphatic rings. The van der Waals surface area contributed by atoms with Crippen LogP contribution in [0.2, 0.25) is 0 Å². The largest absolute Gasteiger partial charge is 0.276 e. The Morgan fingerprint density at radius 2 is 1.27 bits per heavy atom. The molecule has 0 bridgehead atoms. The first-order valence-electron chi connectivity index (χ1n) is 8.05. The number of hydrogen-bond donors (Lipinski definition) is 0. The van der Waals surface area contributed by atoms with Crippen molar-refractivity contribution < 1.29 is 16.8 Å². The minimum absolute atomic E-state index is 0.0830. The molecule has 10 nitrogen and oxygen atoms in total. The summed E-state index contributed by atoms with van der Waals surface area (Å²) in [7, 11) is -10.2. The van der Waals surface area contributed by atoms with Gasteiger partial charge in [-0.05, 0) is 17.5 Å². The number of halogens is 2. The van der Waals surface area contributed by atoms with Gasteiger partial charge in [0.1, 0.15) is 0 Å². The summed E-state index contributed by atoms with van der Waals surface area (Å²) >= 11 is 11.7. The summed E-state index contributed by atoms with van der Waals surface area (Å²) in [5.41, 5.74) is 16.7. The Morgan fingerprint density at radius 1 is 0.885 bits per heavy atom. The van der Waals surface area contributed by atoms with Crippen LogP contribution in [0, 0.1) is 0 Å². The molecule has 26 heavy (non-hydrogen) atoms. The van der Waals surface area contributed by atoms with Crippen molar-refractivity contribution in [2.45, 2.75) is 73.6 Å². The topological polar surface area (TPSA) is 166 Å². The summed E-state index contributed by atoms with van der Waals surface area (Å²) in [6.07, 6.45) is 7.47. The minimum atomic E-state index is -5.12. The normalized spacial score (nSPS) is 15.3. The highest BCUT2D eigenvalue weighted by Crippen LogP contribution is 2.41. The van der Waals surface area contributed by atoms with Gasteiger partial charge in [-0.1, -0.05) is 69.9 Å². The molecule has 0 rings (SSSR count). The van der Waals surface area contributed by atoms with Gasteiger partial charge < -0.3 is 0 Å². The Morgan fingerprint density at radius 3 is 1.65 bits per heavy atom. The van der Waals surface area contributed by atoms with Crippen LogP contribution in [0.3, 0.4) is 0 Å². The number of sulfonamides is 2. The third-order valence-electron chi connectivity index (χ3n) is 3.68. The molecule has 0 heterocycles. The lowest BCUT2D eigenvalue weighted by Crippen LogP contribution is -2.46. The Balaban J connectivity index is 5.09. The molecule has 0 radical (unpaired) electrons. The van der Waals surface area contributed by atoms with E-state index < -0.39 is 29.0 Å². The zero-order valence-electron chi connectivity index (χ0n) is 14.3. The van der Waals surface area contributed by atoms with Gasteiger partial charge in [-0.3, -0.25) is 0 Å². The van der Waals surface area contributed by atoms with E-state index in [1.807, 2.05) is 0 Å². The highest BCUT2D eigenvalue weighted by atomic mass is 35.5. The van der Waals surface area contributed by atoms with Gasteiger partial charge in [-0.25, -0.2) is 16.8 Å². The molecule has 0 aliphatic carbocycles. The van der Waals surface area contributed by atoms with Gasteiger partial charge in [0.25, 0.3) is 23.6 Å². The molecule has 14 heteroatoms. The smallest absolute Gasteiger partial charge is 0.218 e. The summed E-state index contributed by atoms with van der Waals surface area (Å²) in [6.45, 7) is 2.12. The van der Waals surface area contributed by atoms with E-state index in [2.05, 4.69) is 25.8 Å². The molecular weight excluding hydrogens is 427 g/mol.